The van der Waals surface area contributed by atoms with Gasteiger partial charge in [-0.3, -0.25) is 14.5 Å². The summed E-state index contributed by atoms with van der Waals surface area (Å²) in [6, 6.07) is 13.9. The van der Waals surface area contributed by atoms with Crippen LogP contribution in [0.5, 0.6) is 5.75 Å². The van der Waals surface area contributed by atoms with E-state index in [4.69, 9.17) is 4.74 Å². The summed E-state index contributed by atoms with van der Waals surface area (Å²) in [4.78, 5) is 37.6. The van der Waals surface area contributed by atoms with E-state index in [1.165, 1.54) is 12.0 Å². The van der Waals surface area contributed by atoms with E-state index in [1.54, 1.807) is 49.4 Å². The van der Waals surface area contributed by atoms with Gasteiger partial charge in [-0.1, -0.05) is 24.3 Å². The molecule has 2 aromatic rings. The second-order valence-electron chi connectivity index (χ2n) is 6.12. The molecule has 1 aliphatic heterocycles. The second kappa shape index (κ2) is 7.90. The fourth-order valence-electron chi connectivity index (χ4n) is 2.80. The van der Waals surface area contributed by atoms with Crippen molar-refractivity contribution >= 4 is 23.5 Å². The van der Waals surface area contributed by atoms with Crippen molar-refractivity contribution in [1.82, 2.24) is 5.32 Å². The summed E-state index contributed by atoms with van der Waals surface area (Å²) >= 11 is 0. The van der Waals surface area contributed by atoms with E-state index in [9.17, 15) is 14.4 Å². The Hall–Kier alpha value is -3.35. The molecule has 0 fully saturated rings. The van der Waals surface area contributed by atoms with Gasteiger partial charge in [-0.25, -0.2) is 4.79 Å². The Bertz CT molecular complexity index is 863. The molecule has 1 heterocycles. The lowest BCUT2D eigenvalue weighted by atomic mass is 10.1. The monoisotopic (exact) mass is 368 g/mol. The topological polar surface area (TPSA) is 84.9 Å². The van der Waals surface area contributed by atoms with Gasteiger partial charge in [0.25, 0.3) is 5.91 Å². The molecule has 0 radical (unpaired) electrons. The number of amides is 2. The number of carbonyl (C=O) groups excluding carboxylic acids is 3. The van der Waals surface area contributed by atoms with Crippen molar-refractivity contribution in [3.8, 4) is 5.75 Å². The number of rotatable bonds is 5. The predicted octanol–water partition coefficient (Wildman–Crippen LogP) is 1.90. The molecule has 2 amide bonds. The zero-order chi connectivity index (χ0) is 19.4. The summed E-state index contributed by atoms with van der Waals surface area (Å²) in [5, 5.41) is 2.79. The molecule has 0 spiro atoms. The average molecular weight is 368 g/mol. The van der Waals surface area contributed by atoms with Gasteiger partial charge in [0.1, 0.15) is 12.3 Å². The molecule has 140 valence electrons. The van der Waals surface area contributed by atoms with Crippen molar-refractivity contribution in [2.45, 2.75) is 19.6 Å². The fourth-order valence-corrected chi connectivity index (χ4v) is 2.80. The lowest BCUT2D eigenvalue weighted by Gasteiger charge is -2.32. The van der Waals surface area contributed by atoms with Gasteiger partial charge in [0.2, 0.25) is 5.91 Å². The van der Waals surface area contributed by atoms with E-state index in [2.05, 4.69) is 10.1 Å². The fraction of sp³-hybridized carbons (Fsp3) is 0.250. The molecule has 1 unspecified atom stereocenters. The van der Waals surface area contributed by atoms with Gasteiger partial charge in [-0.15, -0.1) is 0 Å². The number of hydrogen-bond acceptors (Lipinski definition) is 5. The molecule has 0 saturated carbocycles. The van der Waals surface area contributed by atoms with Gasteiger partial charge in [-0.2, -0.15) is 0 Å². The van der Waals surface area contributed by atoms with Crippen LogP contribution in [-0.4, -0.2) is 37.5 Å². The van der Waals surface area contributed by atoms with Crippen LogP contribution in [0.15, 0.2) is 48.5 Å². The minimum Gasteiger partial charge on any atom is -0.479 e. The summed E-state index contributed by atoms with van der Waals surface area (Å²) in [5.74, 6) is -0.379. The van der Waals surface area contributed by atoms with Gasteiger partial charge in [0, 0.05) is 6.54 Å². The molecule has 0 aromatic heterocycles. The molecular formula is C20H20N2O5. The number of hydrogen-bond donors (Lipinski definition) is 1. The van der Waals surface area contributed by atoms with Crippen molar-refractivity contribution in [1.29, 1.82) is 0 Å². The Morgan fingerprint density at radius 1 is 1.15 bits per heavy atom. The first-order valence-electron chi connectivity index (χ1n) is 8.50. The summed E-state index contributed by atoms with van der Waals surface area (Å²) in [5.41, 5.74) is 1.85. The molecule has 1 N–H and O–H groups in total. The molecule has 0 bridgehead atoms. The zero-order valence-corrected chi connectivity index (χ0v) is 15.1. The van der Waals surface area contributed by atoms with Gasteiger partial charge in [0.05, 0.1) is 18.4 Å². The van der Waals surface area contributed by atoms with Crippen LogP contribution in [0, 0.1) is 0 Å². The van der Waals surface area contributed by atoms with E-state index < -0.39 is 12.1 Å². The van der Waals surface area contributed by atoms with E-state index in [0.29, 0.717) is 17.0 Å². The van der Waals surface area contributed by atoms with Crippen molar-refractivity contribution in [2.24, 2.45) is 0 Å². The molecule has 0 saturated heterocycles. The standard InChI is InChI=1S/C20H20N2O5/c1-13-19(24)22(16-5-3-4-6-17(16)27-13)12-18(23)21-11-14-7-9-15(10-8-14)20(25)26-2/h3-10,13H,11-12H2,1-2H3,(H,21,23). The highest BCUT2D eigenvalue weighted by molar-refractivity contribution is 6.03. The molecule has 7 heteroatoms. The van der Waals surface area contributed by atoms with Crippen LogP contribution in [0.25, 0.3) is 0 Å². The summed E-state index contributed by atoms with van der Waals surface area (Å²) < 4.78 is 10.2. The first-order chi connectivity index (χ1) is 13.0. The first-order valence-corrected chi connectivity index (χ1v) is 8.50. The highest BCUT2D eigenvalue weighted by Gasteiger charge is 2.32. The first kappa shape index (κ1) is 18.4. The summed E-state index contributed by atoms with van der Waals surface area (Å²) in [7, 11) is 1.32. The Balaban J connectivity index is 1.62. The second-order valence-corrected chi connectivity index (χ2v) is 6.12. The minimum absolute atomic E-state index is 0.0935. The number of para-hydroxylation sites is 2. The Kier molecular flexibility index (Phi) is 5.40. The summed E-state index contributed by atoms with van der Waals surface area (Å²) in [6.45, 7) is 1.85. The van der Waals surface area contributed by atoms with Gasteiger partial charge in [-0.05, 0) is 36.8 Å². The van der Waals surface area contributed by atoms with Crippen LogP contribution in [0.4, 0.5) is 5.69 Å². The van der Waals surface area contributed by atoms with Crippen LogP contribution in [0.2, 0.25) is 0 Å². The largest absolute Gasteiger partial charge is 0.479 e. The molecule has 27 heavy (non-hydrogen) atoms. The van der Waals surface area contributed by atoms with Crippen LogP contribution in [0.3, 0.4) is 0 Å². The normalized spacial score (nSPS) is 15.6. The number of anilines is 1. The van der Waals surface area contributed by atoms with Crippen molar-refractivity contribution in [3.63, 3.8) is 0 Å². The Labute approximate surface area is 156 Å². The number of nitrogens with zero attached hydrogens (tertiary/aromatic N) is 1. The number of fused-ring (bicyclic) bond motifs is 1. The quantitative estimate of drug-likeness (QED) is 0.815. The van der Waals surface area contributed by atoms with Gasteiger partial charge >= 0.3 is 5.97 Å². The maximum absolute atomic E-state index is 12.4. The van der Waals surface area contributed by atoms with Gasteiger partial charge < -0.3 is 14.8 Å². The van der Waals surface area contributed by atoms with E-state index in [0.717, 1.165) is 5.56 Å². The number of carbonyl (C=O) groups is 3. The summed E-state index contributed by atoms with van der Waals surface area (Å²) in [6.07, 6.45) is -0.640. The van der Waals surface area contributed by atoms with E-state index >= 15 is 0 Å². The zero-order valence-electron chi connectivity index (χ0n) is 15.1. The third-order valence-electron chi connectivity index (χ3n) is 4.24. The molecule has 2 aromatic carbocycles. The molecule has 0 aliphatic carbocycles. The van der Waals surface area contributed by atoms with E-state index in [-0.39, 0.29) is 24.9 Å². The number of esters is 1. The highest BCUT2D eigenvalue weighted by atomic mass is 16.5. The van der Waals surface area contributed by atoms with Crippen LogP contribution in [0.1, 0.15) is 22.8 Å². The lowest BCUT2D eigenvalue weighted by molar-refractivity contribution is -0.128. The maximum Gasteiger partial charge on any atom is 0.337 e. The predicted molar refractivity (Wildman–Crippen MR) is 98.5 cm³/mol. The number of nitrogens with one attached hydrogen (secondary N) is 1. The minimum atomic E-state index is -0.640. The Morgan fingerprint density at radius 3 is 2.56 bits per heavy atom. The smallest absolute Gasteiger partial charge is 0.337 e. The third-order valence-corrected chi connectivity index (χ3v) is 4.24. The van der Waals surface area contributed by atoms with Crippen molar-refractivity contribution in [2.75, 3.05) is 18.6 Å². The number of methoxy groups -OCH3 is 1. The third kappa shape index (κ3) is 4.08. The van der Waals surface area contributed by atoms with Crippen LogP contribution >= 0.6 is 0 Å². The van der Waals surface area contributed by atoms with E-state index in [1.807, 2.05) is 6.07 Å². The highest BCUT2D eigenvalue weighted by Crippen LogP contribution is 2.33. The van der Waals surface area contributed by atoms with Crippen molar-refractivity contribution in [3.05, 3.63) is 59.7 Å². The van der Waals surface area contributed by atoms with Crippen LogP contribution < -0.4 is 15.0 Å². The van der Waals surface area contributed by atoms with Crippen LogP contribution in [-0.2, 0) is 20.9 Å². The molecule has 1 aliphatic rings. The molecule has 3 rings (SSSR count). The molecule has 7 nitrogen and oxygen atoms in total. The van der Waals surface area contributed by atoms with Crippen molar-refractivity contribution < 1.29 is 23.9 Å². The maximum atomic E-state index is 12.4. The Morgan fingerprint density at radius 2 is 1.85 bits per heavy atom. The molecule has 1 atom stereocenters. The lowest BCUT2D eigenvalue weighted by Crippen LogP contribution is -2.48. The number of ether oxygens (including phenoxy) is 2. The molecular weight excluding hydrogens is 348 g/mol. The average Bonchev–Trinajstić information content (AvgIpc) is 2.69. The number of benzene rings is 2. The van der Waals surface area contributed by atoms with Gasteiger partial charge in [0.15, 0.2) is 6.10 Å². The SMILES string of the molecule is COC(=O)c1ccc(CNC(=O)CN2C(=O)C(C)Oc3ccccc32)cc1.